The lowest BCUT2D eigenvalue weighted by atomic mass is 10.4. The molecule has 0 saturated carbocycles. The van der Waals surface area contributed by atoms with Crippen LogP contribution in [0, 0.1) is 0 Å². The highest BCUT2D eigenvalue weighted by atomic mass is 15.2. The van der Waals surface area contributed by atoms with Crippen LogP contribution in [0.2, 0.25) is 0 Å². The number of aromatic nitrogens is 2. The van der Waals surface area contributed by atoms with Gasteiger partial charge in [-0.15, -0.1) is 0 Å². The first-order valence-corrected chi connectivity index (χ1v) is 4.64. The summed E-state index contributed by atoms with van der Waals surface area (Å²) >= 11 is 0. The van der Waals surface area contributed by atoms with E-state index in [-0.39, 0.29) is 0 Å². The van der Waals surface area contributed by atoms with Gasteiger partial charge in [0, 0.05) is 25.5 Å². The quantitative estimate of drug-likeness (QED) is 0.607. The van der Waals surface area contributed by atoms with Gasteiger partial charge in [-0.25, -0.2) is 9.97 Å². The fourth-order valence-electron chi connectivity index (χ4n) is 1.46. The molecule has 2 heterocycles. The molecule has 0 saturated heterocycles. The van der Waals surface area contributed by atoms with Gasteiger partial charge in [0.25, 0.3) is 0 Å². The summed E-state index contributed by atoms with van der Waals surface area (Å²) in [5.74, 6) is 0.853. The molecule has 0 bridgehead atoms. The summed E-state index contributed by atoms with van der Waals surface area (Å²) in [6.45, 7) is 2.06. The Morgan fingerprint density at radius 1 is 1.00 bits per heavy atom. The van der Waals surface area contributed by atoms with Crippen molar-refractivity contribution < 1.29 is 0 Å². The molecule has 0 atom stereocenters. The number of hydrogen-bond donors (Lipinski definition) is 0. The fraction of sp³-hybridized carbons (Fsp3) is 0.400. The molecule has 3 nitrogen and oxygen atoms in total. The number of nitrogens with zero attached hydrogens (tertiary/aromatic N) is 3. The van der Waals surface area contributed by atoms with Crippen LogP contribution in [0.5, 0.6) is 0 Å². The Bertz CT molecular complexity index is 271. The first-order chi connectivity index (χ1) is 6.47. The number of anilines is 1. The largest absolute Gasteiger partial charge is 0.340 e. The first kappa shape index (κ1) is 8.23. The van der Waals surface area contributed by atoms with Crippen LogP contribution in [-0.4, -0.2) is 23.1 Å². The molecule has 3 heteroatoms. The van der Waals surface area contributed by atoms with Gasteiger partial charge in [-0.05, 0) is 18.9 Å². The summed E-state index contributed by atoms with van der Waals surface area (Å²) < 4.78 is 0. The van der Waals surface area contributed by atoms with E-state index in [4.69, 9.17) is 0 Å². The van der Waals surface area contributed by atoms with Gasteiger partial charge in [-0.1, -0.05) is 12.2 Å². The minimum absolute atomic E-state index is 0.853. The van der Waals surface area contributed by atoms with Crippen molar-refractivity contribution in [3.05, 3.63) is 30.6 Å². The van der Waals surface area contributed by atoms with E-state index in [1.807, 2.05) is 6.07 Å². The molecule has 0 aromatic carbocycles. The molecular formula is C10H13N3. The van der Waals surface area contributed by atoms with Crippen molar-refractivity contribution >= 4 is 5.95 Å². The van der Waals surface area contributed by atoms with Gasteiger partial charge >= 0.3 is 0 Å². The summed E-state index contributed by atoms with van der Waals surface area (Å²) in [6.07, 6.45) is 10.2. The third kappa shape index (κ3) is 2.05. The Kier molecular flexibility index (Phi) is 2.55. The molecule has 0 spiro atoms. The van der Waals surface area contributed by atoms with E-state index >= 15 is 0 Å². The van der Waals surface area contributed by atoms with Crippen LogP contribution in [0.1, 0.15) is 12.8 Å². The lowest BCUT2D eigenvalue weighted by Crippen LogP contribution is -2.25. The van der Waals surface area contributed by atoms with Crippen molar-refractivity contribution in [2.45, 2.75) is 12.8 Å². The molecule has 1 aromatic heterocycles. The molecular weight excluding hydrogens is 162 g/mol. The van der Waals surface area contributed by atoms with Crippen LogP contribution in [0.25, 0.3) is 0 Å². The highest BCUT2D eigenvalue weighted by Crippen LogP contribution is 2.09. The highest BCUT2D eigenvalue weighted by molar-refractivity contribution is 5.29. The van der Waals surface area contributed by atoms with E-state index in [0.717, 1.165) is 31.9 Å². The van der Waals surface area contributed by atoms with Crippen molar-refractivity contribution in [3.63, 3.8) is 0 Å². The van der Waals surface area contributed by atoms with Gasteiger partial charge in [0.2, 0.25) is 5.95 Å². The van der Waals surface area contributed by atoms with E-state index < -0.39 is 0 Å². The van der Waals surface area contributed by atoms with Gasteiger partial charge < -0.3 is 4.90 Å². The topological polar surface area (TPSA) is 29.0 Å². The lowest BCUT2D eigenvalue weighted by molar-refractivity contribution is 0.777. The molecule has 13 heavy (non-hydrogen) atoms. The predicted octanol–water partition coefficient (Wildman–Crippen LogP) is 1.63. The predicted molar refractivity (Wildman–Crippen MR) is 52.6 cm³/mol. The molecule has 68 valence electrons. The van der Waals surface area contributed by atoms with Gasteiger partial charge in [0.15, 0.2) is 0 Å². The smallest absolute Gasteiger partial charge is 0.225 e. The summed E-state index contributed by atoms with van der Waals surface area (Å²) in [5.41, 5.74) is 0. The second-order valence-electron chi connectivity index (χ2n) is 3.08. The fourth-order valence-corrected chi connectivity index (χ4v) is 1.46. The van der Waals surface area contributed by atoms with Crippen LogP contribution in [0.15, 0.2) is 30.6 Å². The van der Waals surface area contributed by atoms with Crippen LogP contribution >= 0.6 is 0 Å². The van der Waals surface area contributed by atoms with E-state index in [1.165, 1.54) is 0 Å². The second kappa shape index (κ2) is 4.03. The van der Waals surface area contributed by atoms with E-state index in [2.05, 4.69) is 27.0 Å². The molecule has 1 aliphatic rings. The maximum atomic E-state index is 4.23. The molecule has 1 aliphatic heterocycles. The summed E-state index contributed by atoms with van der Waals surface area (Å²) in [7, 11) is 0. The number of hydrogen-bond acceptors (Lipinski definition) is 3. The Balaban J connectivity index is 2.09. The lowest BCUT2D eigenvalue weighted by Gasteiger charge is -2.19. The molecule has 0 unspecified atom stereocenters. The van der Waals surface area contributed by atoms with Gasteiger partial charge in [-0.3, -0.25) is 0 Å². The highest BCUT2D eigenvalue weighted by Gasteiger charge is 2.08. The Morgan fingerprint density at radius 2 is 1.62 bits per heavy atom. The monoisotopic (exact) mass is 175 g/mol. The van der Waals surface area contributed by atoms with Crippen molar-refractivity contribution in [1.29, 1.82) is 0 Å². The van der Waals surface area contributed by atoms with Crippen LogP contribution in [0.4, 0.5) is 5.95 Å². The Morgan fingerprint density at radius 3 is 2.23 bits per heavy atom. The molecule has 0 radical (unpaired) electrons. The standard InChI is InChI=1S/C10H13N3/c1-2-4-9-13(8-3-1)10-11-6-5-7-12-10/h1-2,5-7H,3-4,8-9H2. The average Bonchev–Trinajstić information content (AvgIpc) is 2.47. The summed E-state index contributed by atoms with van der Waals surface area (Å²) in [6, 6.07) is 1.85. The van der Waals surface area contributed by atoms with Crippen LogP contribution in [0.3, 0.4) is 0 Å². The minimum Gasteiger partial charge on any atom is -0.340 e. The molecule has 2 rings (SSSR count). The number of rotatable bonds is 1. The van der Waals surface area contributed by atoms with Crippen molar-refractivity contribution in [2.24, 2.45) is 0 Å². The molecule has 0 fully saturated rings. The van der Waals surface area contributed by atoms with Gasteiger partial charge in [0.1, 0.15) is 0 Å². The third-order valence-electron chi connectivity index (χ3n) is 2.13. The Hall–Kier alpha value is -1.38. The SMILES string of the molecule is C1=CCCN(c2ncccn2)CC1. The summed E-state index contributed by atoms with van der Waals surface area (Å²) in [5, 5.41) is 0. The molecule has 0 N–H and O–H groups in total. The zero-order valence-electron chi connectivity index (χ0n) is 7.56. The maximum Gasteiger partial charge on any atom is 0.225 e. The Labute approximate surface area is 78.1 Å². The van der Waals surface area contributed by atoms with E-state index in [1.54, 1.807) is 12.4 Å². The van der Waals surface area contributed by atoms with Crippen LogP contribution < -0.4 is 4.90 Å². The van der Waals surface area contributed by atoms with Crippen molar-refractivity contribution in [1.82, 2.24) is 9.97 Å². The normalized spacial score (nSPS) is 17.1. The zero-order chi connectivity index (χ0) is 8.93. The van der Waals surface area contributed by atoms with E-state index in [9.17, 15) is 0 Å². The second-order valence-corrected chi connectivity index (χ2v) is 3.08. The molecule has 0 amide bonds. The van der Waals surface area contributed by atoms with Gasteiger partial charge in [0.05, 0.1) is 0 Å². The van der Waals surface area contributed by atoms with Crippen molar-refractivity contribution in [2.75, 3.05) is 18.0 Å². The maximum absolute atomic E-state index is 4.23. The summed E-state index contributed by atoms with van der Waals surface area (Å²) in [4.78, 5) is 10.7. The zero-order valence-corrected chi connectivity index (χ0v) is 7.56. The average molecular weight is 175 g/mol. The van der Waals surface area contributed by atoms with Crippen LogP contribution in [-0.2, 0) is 0 Å². The molecule has 1 aromatic rings. The molecule has 0 aliphatic carbocycles. The van der Waals surface area contributed by atoms with E-state index in [0.29, 0.717) is 0 Å². The minimum atomic E-state index is 0.853. The first-order valence-electron chi connectivity index (χ1n) is 4.64. The van der Waals surface area contributed by atoms with Gasteiger partial charge in [-0.2, -0.15) is 0 Å². The van der Waals surface area contributed by atoms with Crippen molar-refractivity contribution in [3.8, 4) is 0 Å². The third-order valence-corrected chi connectivity index (χ3v) is 2.13.